The van der Waals surface area contributed by atoms with Gasteiger partial charge in [-0.05, 0) is 35.0 Å². The van der Waals surface area contributed by atoms with Crippen molar-refractivity contribution >= 4 is 52.5 Å². The van der Waals surface area contributed by atoms with Crippen LogP contribution < -0.4 is 10.2 Å². The first-order valence-corrected chi connectivity index (χ1v) is 13.3. The van der Waals surface area contributed by atoms with E-state index in [1.165, 1.54) is 24.3 Å². The van der Waals surface area contributed by atoms with Crippen LogP contribution in [-0.2, 0) is 51.6 Å². The number of rotatable bonds is 8. The van der Waals surface area contributed by atoms with Crippen LogP contribution in [0.5, 0.6) is 11.5 Å². The number of fused-ring (bicyclic) bond motifs is 1. The van der Waals surface area contributed by atoms with Crippen molar-refractivity contribution in [1.82, 2.24) is 0 Å². The van der Waals surface area contributed by atoms with Crippen molar-refractivity contribution in [3.63, 3.8) is 0 Å². The molecule has 13 nitrogen and oxygen atoms in total. The predicted octanol–water partition coefficient (Wildman–Crippen LogP) is 0.667. The molecular formula is C18H13CuN2O11S3-. The number of azo groups is 1. The Hall–Kier alpha value is -2.63. The van der Waals surface area contributed by atoms with E-state index in [0.717, 1.165) is 18.2 Å². The molecule has 35 heavy (non-hydrogen) atoms. The summed E-state index contributed by atoms with van der Waals surface area (Å²) in [7, 11) is -14.3. The Balaban J connectivity index is 0.00000324. The molecule has 0 fully saturated rings. The molecule has 0 aliphatic carbocycles. The molecule has 0 bridgehead atoms. The standard InChI is InChI=1S/C18H16N2O11S3.Cu/c21-16-9-11(32(23,24)8-7-31-34(28,29)30)5-6-14(16)19-20-15-10-17(33(25,26)27)12-3-1-2-4-13(12)18(15)22;/h1-6,9-10,21-22H,7-8H2,(H,25,26,27)(H,28,29,30);/q;+2/p-3. The van der Waals surface area contributed by atoms with Crippen LogP contribution in [0.3, 0.4) is 0 Å². The summed E-state index contributed by atoms with van der Waals surface area (Å²) in [5.41, 5.74) is -0.961. The van der Waals surface area contributed by atoms with Gasteiger partial charge in [0.15, 0.2) is 9.84 Å². The summed E-state index contributed by atoms with van der Waals surface area (Å²) in [6.45, 7) is -0.955. The van der Waals surface area contributed by atoms with Gasteiger partial charge in [0.25, 0.3) is 0 Å². The van der Waals surface area contributed by atoms with E-state index < -0.39 is 75.4 Å². The molecule has 0 spiro atoms. The molecule has 0 aliphatic rings. The molecule has 0 heterocycles. The second-order valence-corrected chi connectivity index (χ2v) is 11.1. The average molecular weight is 593 g/mol. The Bertz CT molecular complexity index is 1630. The van der Waals surface area contributed by atoms with Crippen LogP contribution in [-0.4, -0.2) is 46.7 Å². The normalized spacial score (nSPS) is 12.6. The molecule has 0 saturated heterocycles. The summed E-state index contributed by atoms with van der Waals surface area (Å²) in [5, 5.41) is 31.7. The smallest absolute Gasteiger partial charge is 0.871 e. The molecule has 0 aliphatic heterocycles. The van der Waals surface area contributed by atoms with Crippen LogP contribution in [0.4, 0.5) is 11.4 Å². The maximum Gasteiger partial charge on any atom is 2.00 e. The van der Waals surface area contributed by atoms with Gasteiger partial charge in [-0.2, -0.15) is 10.2 Å². The van der Waals surface area contributed by atoms with Gasteiger partial charge in [0.2, 0.25) is 10.4 Å². The van der Waals surface area contributed by atoms with Gasteiger partial charge in [-0.25, -0.2) is 25.3 Å². The second-order valence-electron chi connectivity index (χ2n) is 6.60. The third kappa shape index (κ3) is 6.96. The number of hydrogen-bond acceptors (Lipinski definition) is 13. The van der Waals surface area contributed by atoms with Gasteiger partial charge in [-0.15, -0.1) is 0 Å². The van der Waals surface area contributed by atoms with E-state index >= 15 is 0 Å². The molecule has 3 rings (SSSR count). The van der Waals surface area contributed by atoms with Crippen LogP contribution in [0.1, 0.15) is 1.43 Å². The minimum absolute atomic E-state index is 0. The van der Waals surface area contributed by atoms with Crippen LogP contribution in [0.15, 0.2) is 68.6 Å². The molecule has 0 amide bonds. The predicted molar refractivity (Wildman–Crippen MR) is 110 cm³/mol. The fourth-order valence-electron chi connectivity index (χ4n) is 2.82. The SMILES string of the molecule is O=S(=O)([O-])OCCS(=O)(=O)c1ccc(N=Nc2cc(S(=O)(=O)[O-])c3ccccc3c2[O-])c([O-])c1.[Cu+2].[H+]. The number of nitrogens with zero attached hydrogens (tertiary/aromatic N) is 2. The second kappa shape index (κ2) is 10.5. The average Bonchev–Trinajstić information content (AvgIpc) is 2.72. The van der Waals surface area contributed by atoms with E-state index in [0.29, 0.717) is 6.07 Å². The number of benzene rings is 3. The van der Waals surface area contributed by atoms with Crippen molar-refractivity contribution in [2.75, 3.05) is 12.4 Å². The topological polar surface area (TPSA) is 229 Å². The van der Waals surface area contributed by atoms with Gasteiger partial charge in [0.05, 0.1) is 33.5 Å². The minimum Gasteiger partial charge on any atom is -0.871 e. The van der Waals surface area contributed by atoms with Crippen molar-refractivity contribution < 1.29 is 67.3 Å². The zero-order chi connectivity index (χ0) is 25.3. The zero-order valence-corrected chi connectivity index (χ0v) is 20.3. The van der Waals surface area contributed by atoms with Crippen molar-refractivity contribution in [2.24, 2.45) is 10.2 Å². The quantitative estimate of drug-likeness (QED) is 0.153. The third-order valence-electron chi connectivity index (χ3n) is 4.34. The number of hydrogen-bond donors (Lipinski definition) is 0. The molecule has 0 N–H and O–H groups in total. The van der Waals surface area contributed by atoms with Gasteiger partial charge < -0.3 is 19.3 Å². The van der Waals surface area contributed by atoms with Crippen LogP contribution in [0.2, 0.25) is 0 Å². The van der Waals surface area contributed by atoms with Crippen molar-refractivity contribution in [2.45, 2.75) is 9.79 Å². The summed E-state index contributed by atoms with van der Waals surface area (Å²) >= 11 is 0. The van der Waals surface area contributed by atoms with Gasteiger partial charge in [-0.3, -0.25) is 4.18 Å². The molecule has 3 aromatic rings. The Morgan fingerprint density at radius 2 is 1.43 bits per heavy atom. The van der Waals surface area contributed by atoms with Crippen LogP contribution in [0.25, 0.3) is 10.8 Å². The summed E-state index contributed by atoms with van der Waals surface area (Å²) in [4.78, 5) is -1.22. The summed E-state index contributed by atoms with van der Waals surface area (Å²) in [6, 6.07) is 8.70. The Morgan fingerprint density at radius 3 is 2.00 bits per heavy atom. The third-order valence-corrected chi connectivity index (χ3v) is 7.35. The first-order chi connectivity index (χ1) is 15.7. The fourth-order valence-corrected chi connectivity index (χ4v) is 5.02. The molecule has 0 unspecified atom stereocenters. The monoisotopic (exact) mass is 592 g/mol. The number of sulfone groups is 1. The molecule has 1 radical (unpaired) electrons. The zero-order valence-electron chi connectivity index (χ0n) is 17.9. The van der Waals surface area contributed by atoms with E-state index in [1.807, 2.05) is 0 Å². The van der Waals surface area contributed by atoms with E-state index in [2.05, 4.69) is 14.4 Å². The maximum absolute atomic E-state index is 12.6. The van der Waals surface area contributed by atoms with E-state index in [9.17, 15) is 44.6 Å². The summed E-state index contributed by atoms with van der Waals surface area (Å²) < 4.78 is 94.2. The van der Waals surface area contributed by atoms with Gasteiger partial charge in [0.1, 0.15) is 10.1 Å². The molecule has 3 aromatic carbocycles. The molecule has 191 valence electrons. The Kier molecular flexibility index (Phi) is 8.62. The van der Waals surface area contributed by atoms with E-state index in [4.69, 9.17) is 0 Å². The van der Waals surface area contributed by atoms with Crippen LogP contribution >= 0.6 is 0 Å². The molecule has 0 aromatic heterocycles. The van der Waals surface area contributed by atoms with Gasteiger partial charge in [-0.1, -0.05) is 35.8 Å². The molecule has 0 saturated carbocycles. The van der Waals surface area contributed by atoms with Crippen LogP contribution in [0, 0.1) is 0 Å². The van der Waals surface area contributed by atoms with Crippen molar-refractivity contribution in [1.29, 1.82) is 0 Å². The van der Waals surface area contributed by atoms with Crippen molar-refractivity contribution in [3.8, 4) is 11.5 Å². The van der Waals surface area contributed by atoms with E-state index in [1.54, 1.807) is 0 Å². The Morgan fingerprint density at radius 1 is 0.829 bits per heavy atom. The minimum atomic E-state index is -5.09. The fraction of sp³-hybridized carbons (Fsp3) is 0.111. The van der Waals surface area contributed by atoms with E-state index in [-0.39, 0.29) is 29.3 Å². The molecular weight excluding hydrogens is 580 g/mol. The Labute approximate surface area is 211 Å². The first-order valence-electron chi connectivity index (χ1n) is 8.93. The van der Waals surface area contributed by atoms with Gasteiger partial charge >= 0.3 is 18.5 Å². The molecule has 0 atom stereocenters. The largest absolute Gasteiger partial charge is 2.00 e. The summed E-state index contributed by atoms with van der Waals surface area (Å²) in [5.74, 6) is -2.61. The maximum atomic E-state index is 12.6. The summed E-state index contributed by atoms with van der Waals surface area (Å²) in [6.07, 6.45) is 0. The molecule has 17 heteroatoms. The first kappa shape index (κ1) is 28.6. The van der Waals surface area contributed by atoms with Crippen molar-refractivity contribution in [3.05, 3.63) is 48.5 Å². The van der Waals surface area contributed by atoms with Gasteiger partial charge in [0, 0.05) is 0 Å².